The van der Waals surface area contributed by atoms with E-state index in [1.54, 1.807) is 0 Å². The van der Waals surface area contributed by atoms with Crippen molar-refractivity contribution in [2.75, 3.05) is 13.2 Å². The van der Waals surface area contributed by atoms with Crippen LogP contribution >= 0.6 is 15.6 Å². The zero-order chi connectivity index (χ0) is 31.6. The first kappa shape index (κ1) is 57.8. The minimum atomic E-state index is -4.75. The van der Waals surface area contributed by atoms with Gasteiger partial charge in [0.05, 0.1) is 28.9 Å². The van der Waals surface area contributed by atoms with Crippen molar-refractivity contribution in [3.63, 3.8) is 0 Å². The minimum absolute atomic E-state index is 0. The molecule has 0 amide bonds. The van der Waals surface area contributed by atoms with E-state index in [1.807, 2.05) is 0 Å². The third kappa shape index (κ3) is 63.0. The number of phosphoric acid groups is 2. The van der Waals surface area contributed by atoms with E-state index in [2.05, 4.69) is 22.9 Å². The predicted molar refractivity (Wildman–Crippen MR) is 173 cm³/mol. The molecule has 0 unspecified atom stereocenters. The van der Waals surface area contributed by atoms with Gasteiger partial charge in [0.25, 0.3) is 0 Å². The number of hydrogen-bond donors (Lipinski definition) is 0. The first-order valence-electron chi connectivity index (χ1n) is 17.5. The molecule has 0 aliphatic carbocycles. The van der Waals surface area contributed by atoms with Crippen molar-refractivity contribution in [3.8, 4) is 0 Å². The molecule has 0 heterocycles. The molecule has 256 valence electrons. The van der Waals surface area contributed by atoms with E-state index >= 15 is 0 Å². The summed E-state index contributed by atoms with van der Waals surface area (Å²) in [7, 11) is -9.50. The van der Waals surface area contributed by atoms with Gasteiger partial charge in [0.15, 0.2) is 0 Å². The smallest absolute Gasteiger partial charge is 0.790 e. The summed E-state index contributed by atoms with van der Waals surface area (Å²) in [5.41, 5.74) is 0. The molecule has 0 aromatic rings. The van der Waals surface area contributed by atoms with E-state index in [4.69, 9.17) is 0 Å². The van der Waals surface area contributed by atoms with Gasteiger partial charge in [-0.05, 0) is 12.8 Å². The van der Waals surface area contributed by atoms with E-state index in [1.165, 1.54) is 141 Å². The van der Waals surface area contributed by atoms with Gasteiger partial charge < -0.3 is 37.8 Å². The van der Waals surface area contributed by atoms with Gasteiger partial charge >= 0.3 is 96.9 Å². The molecule has 0 fully saturated rings. The molecule has 8 nitrogen and oxygen atoms in total. The van der Waals surface area contributed by atoms with Crippen LogP contribution in [0.25, 0.3) is 0 Å². The zero-order valence-electron chi connectivity index (χ0n) is 30.1. The fourth-order valence-corrected chi connectivity index (χ4v) is 5.65. The van der Waals surface area contributed by atoms with Crippen LogP contribution in [-0.2, 0) is 18.2 Å². The van der Waals surface area contributed by atoms with Crippen molar-refractivity contribution < 1.29 is 96.9 Å². The van der Waals surface area contributed by atoms with Gasteiger partial charge in [-0.3, -0.25) is 0 Å². The van der Waals surface area contributed by atoms with Gasteiger partial charge in [0, 0.05) is 0 Å². The van der Waals surface area contributed by atoms with Crippen LogP contribution in [0, 0.1) is 0 Å². The third-order valence-electron chi connectivity index (χ3n) is 7.49. The van der Waals surface area contributed by atoms with Crippen molar-refractivity contribution in [2.45, 2.75) is 194 Å². The van der Waals surface area contributed by atoms with Crippen LogP contribution in [0.15, 0.2) is 0 Å². The van der Waals surface area contributed by atoms with Crippen LogP contribution < -0.4 is 78.7 Å². The Kier molecular flexibility index (Phi) is 58.5. The predicted octanol–water partition coefficient (Wildman–Crippen LogP) is 2.25. The molecule has 0 aliphatic rings. The molecule has 45 heavy (non-hydrogen) atoms. The van der Waals surface area contributed by atoms with E-state index in [0.29, 0.717) is 12.8 Å². The van der Waals surface area contributed by atoms with Crippen LogP contribution in [0.1, 0.15) is 194 Å². The summed E-state index contributed by atoms with van der Waals surface area (Å²) in [6, 6.07) is 0. The second-order valence-electron chi connectivity index (χ2n) is 11.8. The summed E-state index contributed by atoms with van der Waals surface area (Å²) in [5.74, 6) is 0. The molecule has 0 saturated carbocycles. The van der Waals surface area contributed by atoms with E-state index in [9.17, 15) is 28.7 Å². The van der Waals surface area contributed by atoms with Gasteiger partial charge in [-0.25, -0.2) is 0 Å². The third-order valence-corrected chi connectivity index (χ3v) is 8.49. The Morgan fingerprint density at radius 3 is 0.667 bits per heavy atom. The summed E-state index contributed by atoms with van der Waals surface area (Å²) in [6.45, 7) is 4.59. The van der Waals surface area contributed by atoms with E-state index in [0.717, 1.165) is 25.7 Å². The Morgan fingerprint density at radius 2 is 0.511 bits per heavy atom. The molecule has 0 saturated heterocycles. The molecule has 0 rings (SSSR count). The summed E-state index contributed by atoms with van der Waals surface area (Å²) >= 11 is 0. The van der Waals surface area contributed by atoms with Crippen molar-refractivity contribution in [1.82, 2.24) is 0 Å². The monoisotopic (exact) mass is 726 g/mol. The van der Waals surface area contributed by atoms with Gasteiger partial charge in [-0.2, -0.15) is 0 Å². The van der Waals surface area contributed by atoms with Crippen LogP contribution in [0.5, 0.6) is 0 Å². The fraction of sp³-hybridized carbons (Fsp3) is 1.00. The van der Waals surface area contributed by atoms with Gasteiger partial charge in [0.1, 0.15) is 0 Å². The van der Waals surface area contributed by atoms with Crippen molar-refractivity contribution >= 4 is 53.4 Å². The second kappa shape index (κ2) is 45.5. The standard InChI is InChI=1S/2C16H35O4P.Ca.2Na/c2*1-2-3-4-5-6-7-8-9-10-11-12-13-14-15-16-20-21(17,18)19;;;/h2*2-16H2,1H3,(H2,17,18,19);;;/q;;+2;2*+1/p-4. The number of hydrogen-bond acceptors (Lipinski definition) is 8. The summed E-state index contributed by atoms with van der Waals surface area (Å²) in [6.07, 6.45) is 34.9. The Hall–Kier alpha value is 3.48. The van der Waals surface area contributed by atoms with Crippen molar-refractivity contribution in [1.29, 1.82) is 0 Å². The average molecular weight is 727 g/mol. The first-order chi connectivity index (χ1) is 20.1. The molecule has 0 N–H and O–H groups in total. The first-order valence-corrected chi connectivity index (χ1v) is 20.4. The van der Waals surface area contributed by atoms with Crippen LogP contribution in [-0.4, -0.2) is 51.0 Å². The summed E-state index contributed by atoms with van der Waals surface area (Å²) in [4.78, 5) is 40.9. The molecular formula is C32H66CaNa2O8P2. The molecule has 0 aromatic heterocycles. The Bertz CT molecular complexity index is 576. The quantitative estimate of drug-likeness (QED) is 0.0584. The fourth-order valence-electron chi connectivity index (χ4n) is 4.95. The van der Waals surface area contributed by atoms with E-state index < -0.39 is 15.6 Å². The Morgan fingerprint density at radius 1 is 0.356 bits per heavy atom. The van der Waals surface area contributed by atoms with Crippen LogP contribution in [0.4, 0.5) is 0 Å². The van der Waals surface area contributed by atoms with Crippen LogP contribution in [0.3, 0.4) is 0 Å². The zero-order valence-corrected chi connectivity index (χ0v) is 38.1. The molecule has 0 radical (unpaired) electrons. The summed E-state index contributed by atoms with van der Waals surface area (Å²) in [5, 5.41) is 0. The van der Waals surface area contributed by atoms with Crippen molar-refractivity contribution in [3.05, 3.63) is 0 Å². The number of rotatable bonds is 32. The topological polar surface area (TPSA) is 145 Å². The molecule has 0 bridgehead atoms. The Labute approximate surface area is 353 Å². The SMILES string of the molecule is CCCCCCCCCCCCCCCCOP(=O)([O-])[O-].CCCCCCCCCCCCCCCCOP(=O)([O-])[O-].[Ca+2].[Na+].[Na+]. The average Bonchev–Trinajstić information content (AvgIpc) is 2.92. The molecule has 0 spiro atoms. The second-order valence-corrected chi connectivity index (χ2v) is 14.1. The molecular weight excluding hydrogens is 660 g/mol. The normalized spacial score (nSPS) is 11.2. The minimum Gasteiger partial charge on any atom is -0.790 e. The Balaban J connectivity index is -0.000000222. The van der Waals surface area contributed by atoms with Gasteiger partial charge in [0.2, 0.25) is 0 Å². The molecule has 13 heteroatoms. The van der Waals surface area contributed by atoms with Crippen molar-refractivity contribution in [2.24, 2.45) is 0 Å². The van der Waals surface area contributed by atoms with E-state index in [-0.39, 0.29) is 110 Å². The largest absolute Gasteiger partial charge is 2.00 e. The number of phosphoric ester groups is 2. The molecule has 0 atom stereocenters. The maximum atomic E-state index is 10.2. The number of unbranched alkanes of at least 4 members (excludes halogenated alkanes) is 26. The molecule has 0 aliphatic heterocycles. The van der Waals surface area contributed by atoms with Gasteiger partial charge in [-0.15, -0.1) is 0 Å². The summed E-state index contributed by atoms with van der Waals surface area (Å²) < 4.78 is 28.8. The maximum Gasteiger partial charge on any atom is 2.00 e. The van der Waals surface area contributed by atoms with Gasteiger partial charge in [-0.1, -0.05) is 181 Å². The maximum absolute atomic E-state index is 10.2. The molecule has 0 aromatic carbocycles. The van der Waals surface area contributed by atoms with Crippen LogP contribution in [0.2, 0.25) is 0 Å².